The van der Waals surface area contributed by atoms with E-state index in [1.807, 2.05) is 13.0 Å². The fraction of sp³-hybridized carbons (Fsp3) is 0.417. The van der Waals surface area contributed by atoms with Crippen LogP contribution in [0.3, 0.4) is 0 Å². The Morgan fingerprint density at radius 1 is 1.67 bits per heavy atom. The van der Waals surface area contributed by atoms with Crippen LogP contribution in [0.15, 0.2) is 12.1 Å². The van der Waals surface area contributed by atoms with E-state index in [1.165, 1.54) is 0 Å². The van der Waals surface area contributed by atoms with Crippen molar-refractivity contribution >= 4 is 17.4 Å². The number of aromatic nitrogens is 1. The molecule has 1 aromatic heterocycles. The van der Waals surface area contributed by atoms with Crippen LogP contribution in [-0.2, 0) is 4.79 Å². The first-order valence-corrected chi connectivity index (χ1v) is 5.67. The molecule has 1 heterocycles. The van der Waals surface area contributed by atoms with Gasteiger partial charge in [-0.2, -0.15) is 5.26 Å². The van der Waals surface area contributed by atoms with Crippen LogP contribution in [0.4, 0.5) is 11.5 Å². The molecule has 96 valence electrons. The van der Waals surface area contributed by atoms with E-state index in [1.54, 1.807) is 31.0 Å². The van der Waals surface area contributed by atoms with Gasteiger partial charge in [-0.15, -0.1) is 0 Å². The first-order valence-electron chi connectivity index (χ1n) is 5.67. The molecule has 1 aromatic rings. The predicted octanol–water partition coefficient (Wildman–Crippen LogP) is 0.814. The number of anilines is 2. The molecule has 3 N–H and O–H groups in total. The molecule has 0 saturated heterocycles. The molecule has 0 spiro atoms. The Morgan fingerprint density at radius 2 is 2.33 bits per heavy atom. The van der Waals surface area contributed by atoms with Crippen molar-refractivity contribution < 1.29 is 4.79 Å². The summed E-state index contributed by atoms with van der Waals surface area (Å²) in [7, 11) is 1.73. The molecule has 0 aromatic carbocycles. The summed E-state index contributed by atoms with van der Waals surface area (Å²) in [6.07, 6.45) is 0. The molecule has 0 fully saturated rings. The number of likely N-dealkylation sites (N-methyl/N-ethyl adjacent to an activating group) is 1. The zero-order valence-electron chi connectivity index (χ0n) is 10.8. The molecule has 1 rings (SSSR count). The van der Waals surface area contributed by atoms with Gasteiger partial charge in [-0.25, -0.2) is 4.98 Å². The molecule has 1 unspecified atom stereocenters. The lowest BCUT2D eigenvalue weighted by Crippen LogP contribution is -2.39. The molecule has 6 heteroatoms. The number of hydrogen-bond acceptors (Lipinski definition) is 5. The van der Waals surface area contributed by atoms with Gasteiger partial charge < -0.3 is 16.0 Å². The Balaban J connectivity index is 2.80. The van der Waals surface area contributed by atoms with E-state index in [-0.39, 0.29) is 11.6 Å². The van der Waals surface area contributed by atoms with Gasteiger partial charge in [-0.05, 0) is 26.0 Å². The van der Waals surface area contributed by atoms with E-state index in [0.717, 1.165) is 0 Å². The molecule has 6 nitrogen and oxygen atoms in total. The topological polar surface area (TPSA) is 95.0 Å². The van der Waals surface area contributed by atoms with Gasteiger partial charge in [0.15, 0.2) is 5.69 Å². The van der Waals surface area contributed by atoms with Crippen LogP contribution in [0.1, 0.15) is 19.5 Å². The molecule has 0 aliphatic heterocycles. The summed E-state index contributed by atoms with van der Waals surface area (Å²) >= 11 is 0. The summed E-state index contributed by atoms with van der Waals surface area (Å²) in [6.45, 7) is 4.29. The third-order valence-corrected chi connectivity index (χ3v) is 2.62. The number of hydrogen-bond donors (Lipinski definition) is 2. The van der Waals surface area contributed by atoms with Gasteiger partial charge >= 0.3 is 0 Å². The van der Waals surface area contributed by atoms with Gasteiger partial charge in [0.1, 0.15) is 17.9 Å². The lowest BCUT2D eigenvalue weighted by molar-refractivity contribution is -0.130. The normalized spacial score (nSPS) is 11.4. The van der Waals surface area contributed by atoms with Crippen molar-refractivity contribution in [3.8, 4) is 6.07 Å². The molecule has 0 radical (unpaired) electrons. The van der Waals surface area contributed by atoms with Gasteiger partial charge in [0, 0.05) is 13.6 Å². The average molecular weight is 247 g/mol. The Labute approximate surface area is 106 Å². The Bertz CT molecular complexity index is 480. The molecule has 0 aliphatic rings. The molecule has 1 amide bonds. The number of carbonyl (C=O) groups excluding carboxylic acids is 1. The number of rotatable bonds is 4. The summed E-state index contributed by atoms with van der Waals surface area (Å²) in [4.78, 5) is 17.5. The van der Waals surface area contributed by atoms with Crippen molar-refractivity contribution in [2.45, 2.75) is 19.9 Å². The van der Waals surface area contributed by atoms with E-state index in [9.17, 15) is 4.79 Å². The maximum absolute atomic E-state index is 11.8. The van der Waals surface area contributed by atoms with Gasteiger partial charge in [0.2, 0.25) is 5.91 Å². The van der Waals surface area contributed by atoms with Crippen LogP contribution in [0.25, 0.3) is 0 Å². The Morgan fingerprint density at radius 3 is 2.89 bits per heavy atom. The first-order chi connectivity index (χ1) is 8.49. The molecule has 1 atom stereocenters. The minimum atomic E-state index is -0.405. The monoisotopic (exact) mass is 247 g/mol. The van der Waals surface area contributed by atoms with Gasteiger partial charge in [0.05, 0.1) is 5.69 Å². The highest BCUT2D eigenvalue weighted by Crippen LogP contribution is 2.13. The maximum Gasteiger partial charge on any atom is 0.244 e. The second kappa shape index (κ2) is 5.87. The number of pyridine rings is 1. The fourth-order valence-electron chi connectivity index (χ4n) is 1.41. The fourth-order valence-corrected chi connectivity index (χ4v) is 1.41. The Kier molecular flexibility index (Phi) is 4.49. The zero-order valence-corrected chi connectivity index (χ0v) is 10.8. The maximum atomic E-state index is 11.8. The van der Waals surface area contributed by atoms with Crippen molar-refractivity contribution in [2.24, 2.45) is 0 Å². The van der Waals surface area contributed by atoms with E-state index in [0.29, 0.717) is 18.1 Å². The van der Waals surface area contributed by atoms with Crippen molar-refractivity contribution in [2.75, 3.05) is 24.6 Å². The van der Waals surface area contributed by atoms with Crippen LogP contribution >= 0.6 is 0 Å². The summed E-state index contributed by atoms with van der Waals surface area (Å²) < 4.78 is 0. The lowest BCUT2D eigenvalue weighted by atomic mass is 10.2. The lowest BCUT2D eigenvalue weighted by Gasteiger charge is -2.21. The highest BCUT2D eigenvalue weighted by Gasteiger charge is 2.16. The highest BCUT2D eigenvalue weighted by atomic mass is 16.2. The second-order valence-corrected chi connectivity index (χ2v) is 3.96. The van der Waals surface area contributed by atoms with Crippen molar-refractivity contribution in [3.05, 3.63) is 17.8 Å². The number of nitrogens with one attached hydrogen (secondary N) is 1. The molecule has 18 heavy (non-hydrogen) atoms. The number of nitriles is 1. The van der Waals surface area contributed by atoms with Crippen molar-refractivity contribution in [1.29, 1.82) is 5.26 Å². The molecule has 0 saturated carbocycles. The van der Waals surface area contributed by atoms with Crippen LogP contribution < -0.4 is 11.1 Å². The van der Waals surface area contributed by atoms with Gasteiger partial charge in [0.25, 0.3) is 0 Å². The third-order valence-electron chi connectivity index (χ3n) is 2.62. The highest BCUT2D eigenvalue weighted by molar-refractivity contribution is 5.83. The number of amides is 1. The average Bonchev–Trinajstić information content (AvgIpc) is 2.38. The molecule has 0 bridgehead atoms. The minimum absolute atomic E-state index is 0.0327. The summed E-state index contributed by atoms with van der Waals surface area (Å²) in [5, 5.41) is 11.8. The van der Waals surface area contributed by atoms with E-state index in [2.05, 4.69) is 10.3 Å². The molecule has 0 aliphatic carbocycles. The Hall–Kier alpha value is -2.29. The summed E-state index contributed by atoms with van der Waals surface area (Å²) in [5.74, 6) is 0.431. The SMILES string of the molecule is CCN(C)C(=O)C(C)Nc1ccc(N)c(C#N)n1. The predicted molar refractivity (Wildman–Crippen MR) is 69.8 cm³/mol. The van der Waals surface area contributed by atoms with Crippen LogP contribution in [-0.4, -0.2) is 35.4 Å². The summed E-state index contributed by atoms with van der Waals surface area (Å²) in [6, 6.07) is 4.73. The van der Waals surface area contributed by atoms with Gasteiger partial charge in [-0.1, -0.05) is 0 Å². The number of carbonyl (C=O) groups is 1. The first kappa shape index (κ1) is 13.8. The zero-order chi connectivity index (χ0) is 13.7. The standard InChI is InChI=1S/C12H17N5O/c1-4-17(3)12(18)8(2)15-11-6-5-9(14)10(7-13)16-11/h5-6,8H,4,14H2,1-3H3,(H,15,16). The van der Waals surface area contributed by atoms with E-state index >= 15 is 0 Å². The smallest absolute Gasteiger partial charge is 0.244 e. The van der Waals surface area contributed by atoms with E-state index in [4.69, 9.17) is 11.0 Å². The minimum Gasteiger partial charge on any atom is -0.396 e. The number of nitrogens with zero attached hydrogens (tertiary/aromatic N) is 3. The second-order valence-electron chi connectivity index (χ2n) is 3.96. The van der Waals surface area contributed by atoms with Gasteiger partial charge in [-0.3, -0.25) is 4.79 Å². The largest absolute Gasteiger partial charge is 0.396 e. The third kappa shape index (κ3) is 3.10. The summed E-state index contributed by atoms with van der Waals surface area (Å²) in [5.41, 5.74) is 6.05. The number of nitrogens with two attached hydrogens (primary N) is 1. The van der Waals surface area contributed by atoms with Crippen molar-refractivity contribution in [3.63, 3.8) is 0 Å². The molecular formula is C12H17N5O. The molecular weight excluding hydrogens is 230 g/mol. The van der Waals surface area contributed by atoms with Crippen LogP contribution in [0.2, 0.25) is 0 Å². The van der Waals surface area contributed by atoms with E-state index < -0.39 is 6.04 Å². The quantitative estimate of drug-likeness (QED) is 0.821. The van der Waals surface area contributed by atoms with Crippen LogP contribution in [0, 0.1) is 11.3 Å². The van der Waals surface area contributed by atoms with Crippen LogP contribution in [0.5, 0.6) is 0 Å². The number of nitrogen functional groups attached to an aromatic ring is 1. The van der Waals surface area contributed by atoms with Crippen molar-refractivity contribution in [1.82, 2.24) is 9.88 Å².